The van der Waals surface area contributed by atoms with Crippen LogP contribution in [0.5, 0.6) is 0 Å². The van der Waals surface area contributed by atoms with Crippen LogP contribution >= 0.6 is 0 Å². The van der Waals surface area contributed by atoms with Gasteiger partial charge in [-0.05, 0) is 18.8 Å². The number of rotatable bonds is 10. The minimum atomic E-state index is 0.701. The standard InChI is InChI=1S/C16H33N3/c1-3-5-7-8-10-16(9-6-4-2)15-18-19-13-11-17-12-14-19/h15-17H,3-14H2,1-2H3/b18-15+. The van der Waals surface area contributed by atoms with E-state index in [1.807, 2.05) is 0 Å². The van der Waals surface area contributed by atoms with Gasteiger partial charge in [-0.15, -0.1) is 0 Å². The Morgan fingerprint density at radius 2 is 1.68 bits per heavy atom. The topological polar surface area (TPSA) is 27.6 Å². The Morgan fingerprint density at radius 3 is 2.37 bits per heavy atom. The summed E-state index contributed by atoms with van der Waals surface area (Å²) in [5.41, 5.74) is 0. The van der Waals surface area contributed by atoms with E-state index >= 15 is 0 Å². The number of hydrogen-bond donors (Lipinski definition) is 1. The first-order valence-corrected chi connectivity index (χ1v) is 8.36. The van der Waals surface area contributed by atoms with Crippen LogP contribution in [0, 0.1) is 5.92 Å². The lowest BCUT2D eigenvalue weighted by molar-refractivity contribution is 0.251. The third kappa shape index (κ3) is 8.25. The summed E-state index contributed by atoms with van der Waals surface area (Å²) in [5.74, 6) is 0.701. The zero-order valence-corrected chi connectivity index (χ0v) is 13.0. The first-order valence-electron chi connectivity index (χ1n) is 8.36. The van der Waals surface area contributed by atoms with Gasteiger partial charge in [0.1, 0.15) is 0 Å². The van der Waals surface area contributed by atoms with Crippen LogP contribution in [0.15, 0.2) is 5.10 Å². The maximum atomic E-state index is 4.70. The molecule has 1 rings (SSSR count). The molecule has 1 unspecified atom stereocenters. The normalized spacial score (nSPS) is 18.1. The van der Waals surface area contributed by atoms with Gasteiger partial charge in [0.2, 0.25) is 0 Å². The molecule has 1 N–H and O–H groups in total. The summed E-state index contributed by atoms with van der Waals surface area (Å²) in [6.07, 6.45) is 13.0. The molecule has 0 aromatic heterocycles. The first kappa shape index (κ1) is 16.5. The molecule has 0 amide bonds. The molecule has 0 spiro atoms. The number of unbranched alkanes of at least 4 members (excludes halogenated alkanes) is 4. The Labute approximate surface area is 119 Å². The van der Waals surface area contributed by atoms with Crippen LogP contribution in [0.3, 0.4) is 0 Å². The van der Waals surface area contributed by atoms with Gasteiger partial charge in [0.05, 0.1) is 0 Å². The van der Waals surface area contributed by atoms with Crippen LogP contribution in [-0.4, -0.2) is 37.4 Å². The molecule has 3 nitrogen and oxygen atoms in total. The second-order valence-electron chi connectivity index (χ2n) is 5.72. The summed E-state index contributed by atoms with van der Waals surface area (Å²) in [6, 6.07) is 0. The van der Waals surface area contributed by atoms with Gasteiger partial charge < -0.3 is 5.32 Å². The minimum Gasteiger partial charge on any atom is -0.313 e. The summed E-state index contributed by atoms with van der Waals surface area (Å²) in [7, 11) is 0. The molecule has 1 atom stereocenters. The van der Waals surface area contributed by atoms with Crippen molar-refractivity contribution in [2.24, 2.45) is 11.0 Å². The van der Waals surface area contributed by atoms with Crippen LogP contribution < -0.4 is 5.32 Å². The van der Waals surface area contributed by atoms with Gasteiger partial charge in [-0.25, -0.2) is 0 Å². The second kappa shape index (κ2) is 11.3. The average Bonchev–Trinajstić information content (AvgIpc) is 2.46. The predicted molar refractivity (Wildman–Crippen MR) is 84.7 cm³/mol. The van der Waals surface area contributed by atoms with Gasteiger partial charge >= 0.3 is 0 Å². The highest BCUT2D eigenvalue weighted by molar-refractivity contribution is 5.60. The number of hydrogen-bond acceptors (Lipinski definition) is 3. The zero-order chi connectivity index (χ0) is 13.8. The van der Waals surface area contributed by atoms with E-state index < -0.39 is 0 Å². The summed E-state index contributed by atoms with van der Waals surface area (Å²) in [5, 5.41) is 10.3. The van der Waals surface area contributed by atoms with Crippen LogP contribution in [0.4, 0.5) is 0 Å². The van der Waals surface area contributed by atoms with E-state index in [1.54, 1.807) is 0 Å². The molecular formula is C16H33N3. The number of hydrazone groups is 1. The Hall–Kier alpha value is -0.570. The fourth-order valence-corrected chi connectivity index (χ4v) is 2.55. The summed E-state index contributed by atoms with van der Waals surface area (Å²) >= 11 is 0. The average molecular weight is 267 g/mol. The van der Waals surface area contributed by atoms with Crippen LogP contribution in [0.2, 0.25) is 0 Å². The van der Waals surface area contributed by atoms with Crippen molar-refractivity contribution in [2.45, 2.75) is 65.2 Å². The van der Waals surface area contributed by atoms with E-state index in [4.69, 9.17) is 5.10 Å². The Bertz CT molecular complexity index is 222. The van der Waals surface area contributed by atoms with Crippen molar-refractivity contribution in [1.29, 1.82) is 0 Å². The van der Waals surface area contributed by atoms with E-state index in [0.29, 0.717) is 5.92 Å². The number of piperazine rings is 1. The van der Waals surface area contributed by atoms with E-state index in [0.717, 1.165) is 26.2 Å². The fraction of sp³-hybridized carbons (Fsp3) is 0.938. The quantitative estimate of drug-likeness (QED) is 0.483. The van der Waals surface area contributed by atoms with E-state index in [9.17, 15) is 0 Å². The van der Waals surface area contributed by atoms with Gasteiger partial charge in [-0.1, -0.05) is 52.4 Å². The SMILES string of the molecule is CCCCCCC(/C=N/N1CCNCC1)CCCC. The van der Waals surface area contributed by atoms with Crippen LogP contribution in [0.1, 0.15) is 65.2 Å². The molecule has 19 heavy (non-hydrogen) atoms. The summed E-state index contributed by atoms with van der Waals surface area (Å²) in [4.78, 5) is 0. The van der Waals surface area contributed by atoms with Gasteiger partial charge in [-0.3, -0.25) is 5.01 Å². The monoisotopic (exact) mass is 267 g/mol. The van der Waals surface area contributed by atoms with Crippen molar-refractivity contribution in [3.05, 3.63) is 0 Å². The molecule has 1 heterocycles. The predicted octanol–water partition coefficient (Wildman–Crippen LogP) is 3.65. The Kier molecular flexibility index (Phi) is 9.78. The Balaban J connectivity index is 2.27. The first-order chi connectivity index (χ1) is 9.36. The molecule has 0 aliphatic carbocycles. The maximum Gasteiger partial charge on any atom is 0.0485 e. The van der Waals surface area contributed by atoms with Crippen molar-refractivity contribution in [3.8, 4) is 0 Å². The number of nitrogens with one attached hydrogen (secondary N) is 1. The molecule has 0 saturated carbocycles. The van der Waals surface area contributed by atoms with Crippen molar-refractivity contribution >= 4 is 6.21 Å². The smallest absolute Gasteiger partial charge is 0.0485 e. The summed E-state index contributed by atoms with van der Waals surface area (Å²) < 4.78 is 0. The maximum absolute atomic E-state index is 4.70. The molecule has 1 fully saturated rings. The highest BCUT2D eigenvalue weighted by atomic mass is 15.5. The van der Waals surface area contributed by atoms with Crippen molar-refractivity contribution in [1.82, 2.24) is 10.3 Å². The fourth-order valence-electron chi connectivity index (χ4n) is 2.55. The third-order valence-electron chi connectivity index (χ3n) is 3.89. The van der Waals surface area contributed by atoms with E-state index in [1.165, 1.54) is 51.4 Å². The van der Waals surface area contributed by atoms with Crippen molar-refractivity contribution in [2.75, 3.05) is 26.2 Å². The van der Waals surface area contributed by atoms with Crippen molar-refractivity contribution in [3.63, 3.8) is 0 Å². The van der Waals surface area contributed by atoms with Gasteiger partial charge in [0, 0.05) is 32.4 Å². The molecule has 0 radical (unpaired) electrons. The molecular weight excluding hydrogens is 234 g/mol. The molecule has 0 aromatic carbocycles. The van der Waals surface area contributed by atoms with Crippen LogP contribution in [-0.2, 0) is 0 Å². The van der Waals surface area contributed by atoms with Gasteiger partial charge in [0.15, 0.2) is 0 Å². The minimum absolute atomic E-state index is 0.701. The summed E-state index contributed by atoms with van der Waals surface area (Å²) in [6.45, 7) is 8.84. The van der Waals surface area contributed by atoms with Gasteiger partial charge in [0.25, 0.3) is 0 Å². The van der Waals surface area contributed by atoms with E-state index in [-0.39, 0.29) is 0 Å². The molecule has 0 bridgehead atoms. The molecule has 0 aromatic rings. The van der Waals surface area contributed by atoms with Crippen molar-refractivity contribution < 1.29 is 0 Å². The lowest BCUT2D eigenvalue weighted by Gasteiger charge is -2.25. The second-order valence-corrected chi connectivity index (χ2v) is 5.72. The molecule has 3 heteroatoms. The highest BCUT2D eigenvalue weighted by Crippen LogP contribution is 2.16. The lowest BCUT2D eigenvalue weighted by atomic mass is 9.96. The number of nitrogens with zero attached hydrogens (tertiary/aromatic N) is 2. The van der Waals surface area contributed by atoms with Gasteiger partial charge in [-0.2, -0.15) is 5.10 Å². The lowest BCUT2D eigenvalue weighted by Crippen LogP contribution is -2.40. The third-order valence-corrected chi connectivity index (χ3v) is 3.89. The van der Waals surface area contributed by atoms with E-state index in [2.05, 4.69) is 30.4 Å². The molecule has 112 valence electrons. The molecule has 1 aliphatic rings. The van der Waals surface area contributed by atoms with Crippen LogP contribution in [0.25, 0.3) is 0 Å². The largest absolute Gasteiger partial charge is 0.313 e. The molecule has 1 saturated heterocycles. The zero-order valence-electron chi connectivity index (χ0n) is 13.0. The highest BCUT2D eigenvalue weighted by Gasteiger charge is 2.08. The molecule has 1 aliphatic heterocycles. The Morgan fingerprint density at radius 1 is 1.00 bits per heavy atom.